The number of benzene rings is 1. The van der Waals surface area contributed by atoms with Crippen LogP contribution in [-0.4, -0.2) is 24.8 Å². The number of hydrogen-bond acceptors (Lipinski definition) is 2. The maximum Gasteiger partial charge on any atom is 0.0934 e. The van der Waals surface area contributed by atoms with E-state index in [0.29, 0.717) is 6.04 Å². The Balaban J connectivity index is 1.93. The highest BCUT2D eigenvalue weighted by Gasteiger charge is 2.62. The first-order chi connectivity index (χ1) is 9.82. The zero-order valence-electron chi connectivity index (χ0n) is 12.5. The van der Waals surface area contributed by atoms with E-state index in [4.69, 9.17) is 4.74 Å². The lowest BCUT2D eigenvalue weighted by atomic mass is 9.50. The summed E-state index contributed by atoms with van der Waals surface area (Å²) in [6.07, 6.45) is 7.59. The highest BCUT2D eigenvalue weighted by molar-refractivity contribution is 5.45. The van der Waals surface area contributed by atoms with E-state index < -0.39 is 0 Å². The molecule has 2 heteroatoms. The van der Waals surface area contributed by atoms with Crippen molar-refractivity contribution >= 4 is 0 Å². The number of ether oxygens (including phenoxy) is 1. The van der Waals surface area contributed by atoms with Gasteiger partial charge in [-0.2, -0.15) is 0 Å². The van der Waals surface area contributed by atoms with Crippen molar-refractivity contribution in [1.82, 2.24) is 5.32 Å². The maximum atomic E-state index is 6.53. The average Bonchev–Trinajstić information content (AvgIpc) is 2.47. The van der Waals surface area contributed by atoms with Crippen molar-refractivity contribution in [3.05, 3.63) is 35.4 Å². The van der Waals surface area contributed by atoms with Gasteiger partial charge in [0.15, 0.2) is 0 Å². The van der Waals surface area contributed by atoms with Gasteiger partial charge in [0.25, 0.3) is 0 Å². The molecule has 1 aliphatic heterocycles. The second-order valence-corrected chi connectivity index (χ2v) is 6.73. The summed E-state index contributed by atoms with van der Waals surface area (Å²) in [6, 6.07) is 9.65. The first-order valence-electron chi connectivity index (χ1n) is 8.28. The van der Waals surface area contributed by atoms with Crippen LogP contribution in [0.3, 0.4) is 0 Å². The van der Waals surface area contributed by atoms with Crippen LogP contribution in [0.5, 0.6) is 0 Å². The van der Waals surface area contributed by atoms with E-state index in [1.54, 1.807) is 11.1 Å². The zero-order chi connectivity index (χ0) is 13.6. The number of piperidine rings is 1. The molecule has 1 heterocycles. The van der Waals surface area contributed by atoms with Gasteiger partial charge in [0.2, 0.25) is 0 Å². The first kappa shape index (κ1) is 12.8. The fraction of sp³-hybridized carbons (Fsp3) is 0.667. The molecule has 0 radical (unpaired) electrons. The van der Waals surface area contributed by atoms with Gasteiger partial charge in [-0.15, -0.1) is 0 Å². The van der Waals surface area contributed by atoms with Crippen LogP contribution < -0.4 is 5.32 Å². The minimum atomic E-state index is 0.0482. The Hall–Kier alpha value is -0.860. The molecular weight excluding hydrogens is 246 g/mol. The minimum Gasteiger partial charge on any atom is -0.373 e. The number of hydrogen-bond donors (Lipinski definition) is 1. The van der Waals surface area contributed by atoms with E-state index in [-0.39, 0.29) is 11.0 Å². The molecule has 2 nitrogen and oxygen atoms in total. The Morgan fingerprint density at radius 1 is 1.20 bits per heavy atom. The van der Waals surface area contributed by atoms with Crippen molar-refractivity contribution in [1.29, 1.82) is 0 Å². The molecule has 3 atom stereocenters. The molecule has 108 valence electrons. The second kappa shape index (κ2) is 4.57. The average molecular weight is 271 g/mol. The summed E-state index contributed by atoms with van der Waals surface area (Å²) >= 11 is 0. The van der Waals surface area contributed by atoms with E-state index in [0.717, 1.165) is 19.6 Å². The van der Waals surface area contributed by atoms with Crippen LogP contribution in [0.2, 0.25) is 0 Å². The summed E-state index contributed by atoms with van der Waals surface area (Å²) in [5.74, 6) is 0. The standard InChI is InChI=1S/C18H25NO/c1-2-20-18-10-6-5-9-17(18)11-12-19-16(18)13-14-7-3-4-8-15(14)17/h3-4,7-8,16,19H,2,5-6,9-13H2,1H3/t16-,17+,18-/m1/s1. The van der Waals surface area contributed by atoms with Gasteiger partial charge in [0.1, 0.15) is 0 Å². The van der Waals surface area contributed by atoms with Gasteiger partial charge in [-0.1, -0.05) is 37.1 Å². The van der Waals surface area contributed by atoms with Gasteiger partial charge in [-0.25, -0.2) is 0 Å². The maximum absolute atomic E-state index is 6.53. The van der Waals surface area contributed by atoms with Crippen LogP contribution in [0.4, 0.5) is 0 Å². The largest absolute Gasteiger partial charge is 0.373 e. The molecule has 0 unspecified atom stereocenters. The highest BCUT2D eigenvalue weighted by atomic mass is 16.5. The topological polar surface area (TPSA) is 21.3 Å². The quantitative estimate of drug-likeness (QED) is 0.892. The van der Waals surface area contributed by atoms with Gasteiger partial charge < -0.3 is 10.1 Å². The van der Waals surface area contributed by atoms with Crippen LogP contribution in [-0.2, 0) is 16.6 Å². The van der Waals surface area contributed by atoms with E-state index in [9.17, 15) is 0 Å². The number of fused-ring (bicyclic) bond motifs is 1. The molecular formula is C18H25NO. The summed E-state index contributed by atoms with van der Waals surface area (Å²) in [4.78, 5) is 0. The molecule has 1 aromatic carbocycles. The SMILES string of the molecule is CCO[C@@]12CCCC[C@@]13CCN[C@@H]2Cc1ccccc13. The van der Waals surface area contributed by atoms with Gasteiger partial charge in [-0.3, -0.25) is 0 Å². The lowest BCUT2D eigenvalue weighted by molar-refractivity contribution is -0.164. The van der Waals surface area contributed by atoms with Crippen molar-refractivity contribution < 1.29 is 4.74 Å². The van der Waals surface area contributed by atoms with Gasteiger partial charge in [0, 0.05) is 18.1 Å². The van der Waals surface area contributed by atoms with Crippen LogP contribution >= 0.6 is 0 Å². The molecule has 4 rings (SSSR count). The lowest BCUT2D eigenvalue weighted by Crippen LogP contribution is -2.72. The monoisotopic (exact) mass is 271 g/mol. The Kier molecular flexibility index (Phi) is 2.94. The predicted octanol–water partition coefficient (Wildman–Crippen LogP) is 3.19. The number of nitrogens with one attached hydrogen (secondary N) is 1. The fourth-order valence-electron chi connectivity index (χ4n) is 5.42. The van der Waals surface area contributed by atoms with Crippen molar-refractivity contribution in [3.63, 3.8) is 0 Å². The van der Waals surface area contributed by atoms with Gasteiger partial charge in [-0.05, 0) is 50.3 Å². The van der Waals surface area contributed by atoms with Crippen molar-refractivity contribution in [2.45, 2.75) is 62.5 Å². The van der Waals surface area contributed by atoms with Crippen molar-refractivity contribution in [2.24, 2.45) is 0 Å². The lowest BCUT2D eigenvalue weighted by Gasteiger charge is -2.63. The molecule has 0 aromatic heterocycles. The Bertz CT molecular complexity index is 506. The van der Waals surface area contributed by atoms with Crippen molar-refractivity contribution in [2.75, 3.05) is 13.2 Å². The van der Waals surface area contributed by atoms with Gasteiger partial charge >= 0.3 is 0 Å². The Morgan fingerprint density at radius 3 is 2.95 bits per heavy atom. The third-order valence-electron chi connectivity index (χ3n) is 6.08. The van der Waals surface area contributed by atoms with Crippen LogP contribution in [0.25, 0.3) is 0 Å². The third-order valence-corrected chi connectivity index (χ3v) is 6.08. The summed E-state index contributed by atoms with van der Waals surface area (Å²) in [6.45, 7) is 4.14. The molecule has 0 amide bonds. The molecule has 3 aliphatic rings. The van der Waals surface area contributed by atoms with E-state index in [1.807, 2.05) is 0 Å². The number of rotatable bonds is 2. The molecule has 2 aliphatic carbocycles. The molecule has 1 saturated carbocycles. The summed E-state index contributed by atoms with van der Waals surface area (Å²) < 4.78 is 6.53. The van der Waals surface area contributed by atoms with Crippen LogP contribution in [0, 0.1) is 0 Å². The molecule has 1 aromatic rings. The van der Waals surface area contributed by atoms with E-state index in [1.165, 1.54) is 32.1 Å². The molecule has 1 N–H and O–H groups in total. The fourth-order valence-corrected chi connectivity index (χ4v) is 5.42. The van der Waals surface area contributed by atoms with E-state index >= 15 is 0 Å². The molecule has 1 saturated heterocycles. The zero-order valence-corrected chi connectivity index (χ0v) is 12.5. The second-order valence-electron chi connectivity index (χ2n) is 6.73. The molecule has 0 spiro atoms. The van der Waals surface area contributed by atoms with Crippen LogP contribution in [0.15, 0.2) is 24.3 Å². The minimum absolute atomic E-state index is 0.0482. The smallest absolute Gasteiger partial charge is 0.0934 e. The molecule has 2 fully saturated rings. The summed E-state index contributed by atoms with van der Waals surface area (Å²) in [5.41, 5.74) is 3.48. The summed E-state index contributed by atoms with van der Waals surface area (Å²) in [7, 11) is 0. The molecule has 20 heavy (non-hydrogen) atoms. The first-order valence-corrected chi connectivity index (χ1v) is 8.28. The normalized spacial score (nSPS) is 39.0. The predicted molar refractivity (Wildman–Crippen MR) is 81.1 cm³/mol. The van der Waals surface area contributed by atoms with E-state index in [2.05, 4.69) is 36.5 Å². The third kappa shape index (κ3) is 1.47. The Labute approximate surface area is 121 Å². The Morgan fingerprint density at radius 2 is 2.05 bits per heavy atom. The van der Waals surface area contributed by atoms with Crippen LogP contribution in [0.1, 0.15) is 50.2 Å². The highest BCUT2D eigenvalue weighted by Crippen LogP contribution is 2.57. The summed E-state index contributed by atoms with van der Waals surface area (Å²) in [5, 5.41) is 3.79. The van der Waals surface area contributed by atoms with Gasteiger partial charge in [0.05, 0.1) is 5.60 Å². The van der Waals surface area contributed by atoms with Crippen molar-refractivity contribution in [3.8, 4) is 0 Å². The molecule has 2 bridgehead atoms.